The third kappa shape index (κ3) is 7.33. The Bertz CT molecular complexity index is 703. The summed E-state index contributed by atoms with van der Waals surface area (Å²) in [5.41, 5.74) is 2.96. The van der Waals surface area contributed by atoms with Gasteiger partial charge in [-0.3, -0.25) is 9.78 Å². The van der Waals surface area contributed by atoms with E-state index in [4.69, 9.17) is 19.6 Å². The summed E-state index contributed by atoms with van der Waals surface area (Å²) in [4.78, 5) is 44.2. The molecule has 0 bridgehead atoms. The highest BCUT2D eigenvalue weighted by Crippen LogP contribution is 2.13. The van der Waals surface area contributed by atoms with Crippen LogP contribution in [-0.4, -0.2) is 18.2 Å². The van der Waals surface area contributed by atoms with Crippen LogP contribution in [0.25, 0.3) is 0 Å². The van der Waals surface area contributed by atoms with Gasteiger partial charge in [0.1, 0.15) is 0 Å². The Balaban J connectivity index is 1.88. The van der Waals surface area contributed by atoms with E-state index >= 15 is 0 Å². The predicted octanol–water partition coefficient (Wildman–Crippen LogP) is 5.20. The highest BCUT2D eigenvalue weighted by Gasteiger charge is 2.19. The van der Waals surface area contributed by atoms with Crippen LogP contribution in [0.5, 0.6) is 0 Å². The van der Waals surface area contributed by atoms with Gasteiger partial charge in [-0.05, 0) is 54.7 Å². The fourth-order valence-electron chi connectivity index (χ4n) is 2.53. The largest absolute Gasteiger partial charge is 0.373 e. The molecule has 2 aromatic carbocycles. The first-order chi connectivity index (χ1) is 14.1. The van der Waals surface area contributed by atoms with Crippen molar-refractivity contribution in [3.63, 3.8) is 0 Å². The van der Waals surface area contributed by atoms with Crippen molar-refractivity contribution < 1.29 is 29.1 Å². The first-order valence-corrected chi connectivity index (χ1v) is 10.0. The van der Waals surface area contributed by atoms with Crippen LogP contribution >= 0.6 is 0 Å². The highest BCUT2D eigenvalue weighted by atomic mass is 17.3. The molecular weight excluding hydrogens is 372 g/mol. The molecular formula is C23H28O6. The van der Waals surface area contributed by atoms with Crippen LogP contribution in [0, 0.1) is 0 Å². The van der Waals surface area contributed by atoms with Gasteiger partial charge in [0.05, 0.1) is 11.1 Å². The molecule has 0 heterocycles. The van der Waals surface area contributed by atoms with E-state index in [0.29, 0.717) is 17.5 Å². The van der Waals surface area contributed by atoms with Crippen molar-refractivity contribution in [1.29, 1.82) is 0 Å². The lowest BCUT2D eigenvalue weighted by Crippen LogP contribution is -2.22. The number of carbonyl (C=O) groups is 2. The van der Waals surface area contributed by atoms with Crippen LogP contribution in [0.3, 0.4) is 0 Å². The average molecular weight is 400 g/mol. The Kier molecular flexibility index (Phi) is 9.34. The summed E-state index contributed by atoms with van der Waals surface area (Å²) in [6.07, 6.45) is 2.78. The second-order valence-electron chi connectivity index (χ2n) is 6.61. The summed E-state index contributed by atoms with van der Waals surface area (Å²) < 4.78 is 0. The van der Waals surface area contributed by atoms with E-state index in [1.165, 1.54) is 0 Å². The summed E-state index contributed by atoms with van der Waals surface area (Å²) in [6, 6.07) is 14.1. The number of benzene rings is 2. The maximum Gasteiger partial charge on any atom is 0.373 e. The number of hydrogen-bond donors (Lipinski definition) is 0. The van der Waals surface area contributed by atoms with Gasteiger partial charge < -0.3 is 0 Å². The average Bonchev–Trinajstić information content (AvgIpc) is 2.78. The minimum Gasteiger partial charge on any atom is -0.290 e. The molecule has 6 nitrogen and oxygen atoms in total. The molecule has 0 N–H and O–H groups in total. The Morgan fingerprint density at radius 1 is 0.724 bits per heavy atom. The van der Waals surface area contributed by atoms with Gasteiger partial charge in [-0.1, -0.05) is 51.5 Å². The zero-order chi connectivity index (χ0) is 21.1. The number of hydrogen-bond acceptors (Lipinski definition) is 6. The molecule has 2 aromatic rings. The van der Waals surface area contributed by atoms with E-state index in [9.17, 15) is 9.59 Å². The lowest BCUT2D eigenvalue weighted by Gasteiger charge is -2.15. The van der Waals surface area contributed by atoms with Gasteiger partial charge in [0.25, 0.3) is 0 Å². The molecule has 0 aliphatic heterocycles. The molecule has 0 saturated carbocycles. The van der Waals surface area contributed by atoms with Crippen LogP contribution in [-0.2, 0) is 32.4 Å². The molecule has 0 saturated heterocycles. The molecule has 0 spiro atoms. The summed E-state index contributed by atoms with van der Waals surface area (Å²) in [7, 11) is 0. The molecule has 6 heteroatoms. The standard InChI is InChI=1S/C23H28O6/c1-4-7-8-21(26-28-22(24)19-13-9-17(5-2)10-14-19)27-29-23(25)20-15-11-18(6-3)12-16-20/h9-16,21H,4-8H2,1-3H3. The topological polar surface area (TPSA) is 71.1 Å². The van der Waals surface area contributed by atoms with Gasteiger partial charge in [0.2, 0.25) is 6.29 Å². The Morgan fingerprint density at radius 3 is 1.48 bits per heavy atom. The predicted molar refractivity (Wildman–Crippen MR) is 108 cm³/mol. The smallest absolute Gasteiger partial charge is 0.290 e. The van der Waals surface area contributed by atoms with E-state index in [2.05, 4.69) is 0 Å². The van der Waals surface area contributed by atoms with Gasteiger partial charge in [-0.15, -0.1) is 9.78 Å². The minimum atomic E-state index is -1.01. The van der Waals surface area contributed by atoms with E-state index in [1.54, 1.807) is 24.3 Å². The molecule has 0 aliphatic carbocycles. The molecule has 156 valence electrons. The van der Waals surface area contributed by atoms with E-state index in [0.717, 1.165) is 36.8 Å². The second-order valence-corrected chi connectivity index (χ2v) is 6.61. The van der Waals surface area contributed by atoms with Crippen LogP contribution in [0.15, 0.2) is 48.5 Å². The van der Waals surface area contributed by atoms with Crippen LogP contribution < -0.4 is 0 Å². The van der Waals surface area contributed by atoms with Crippen LogP contribution in [0.2, 0.25) is 0 Å². The van der Waals surface area contributed by atoms with E-state index in [-0.39, 0.29) is 0 Å². The monoisotopic (exact) mass is 400 g/mol. The number of carbonyl (C=O) groups excluding carboxylic acids is 2. The molecule has 0 atom stereocenters. The molecule has 29 heavy (non-hydrogen) atoms. The van der Waals surface area contributed by atoms with Crippen molar-refractivity contribution in [2.75, 3.05) is 0 Å². The fourth-order valence-corrected chi connectivity index (χ4v) is 2.53. The third-order valence-corrected chi connectivity index (χ3v) is 4.45. The van der Waals surface area contributed by atoms with Crippen molar-refractivity contribution in [1.82, 2.24) is 0 Å². The van der Waals surface area contributed by atoms with Gasteiger partial charge in [-0.2, -0.15) is 0 Å². The summed E-state index contributed by atoms with van der Waals surface area (Å²) in [5.74, 6) is -1.28. The zero-order valence-corrected chi connectivity index (χ0v) is 17.2. The van der Waals surface area contributed by atoms with Gasteiger partial charge in [-0.25, -0.2) is 9.59 Å². The van der Waals surface area contributed by atoms with Crippen molar-refractivity contribution in [3.8, 4) is 0 Å². The molecule has 0 unspecified atom stereocenters. The van der Waals surface area contributed by atoms with Crippen molar-refractivity contribution >= 4 is 11.9 Å². The summed E-state index contributed by atoms with van der Waals surface area (Å²) in [5, 5.41) is 0. The zero-order valence-electron chi connectivity index (χ0n) is 17.2. The maximum atomic E-state index is 12.1. The SMILES string of the molecule is CCCCC(OOC(=O)c1ccc(CC)cc1)OOC(=O)c1ccc(CC)cc1. The normalized spacial score (nSPS) is 10.8. The Labute approximate surface area is 171 Å². The molecule has 0 radical (unpaired) electrons. The van der Waals surface area contributed by atoms with E-state index < -0.39 is 18.2 Å². The first kappa shape index (κ1) is 22.6. The molecule has 0 amide bonds. The van der Waals surface area contributed by atoms with Gasteiger partial charge in [0, 0.05) is 6.42 Å². The highest BCUT2D eigenvalue weighted by molar-refractivity contribution is 5.89. The van der Waals surface area contributed by atoms with Crippen LogP contribution in [0.1, 0.15) is 71.9 Å². The minimum absolute atomic E-state index is 0.365. The lowest BCUT2D eigenvalue weighted by molar-refractivity contribution is -0.421. The summed E-state index contributed by atoms with van der Waals surface area (Å²) >= 11 is 0. The quantitative estimate of drug-likeness (QED) is 0.293. The van der Waals surface area contributed by atoms with Gasteiger partial charge >= 0.3 is 11.9 Å². The molecule has 2 rings (SSSR count). The lowest BCUT2D eigenvalue weighted by atomic mass is 10.1. The number of unbranched alkanes of at least 4 members (excludes halogenated alkanes) is 1. The fraction of sp³-hybridized carbons (Fsp3) is 0.391. The van der Waals surface area contributed by atoms with Crippen molar-refractivity contribution in [2.45, 2.75) is 59.2 Å². The Hall–Kier alpha value is -2.70. The molecule has 0 aromatic heterocycles. The summed E-state index contributed by atoms with van der Waals surface area (Å²) in [6.45, 7) is 6.07. The van der Waals surface area contributed by atoms with Gasteiger partial charge in [0.15, 0.2) is 0 Å². The third-order valence-electron chi connectivity index (χ3n) is 4.45. The Morgan fingerprint density at radius 2 is 1.14 bits per heavy atom. The van der Waals surface area contributed by atoms with E-state index in [1.807, 2.05) is 45.0 Å². The number of rotatable bonds is 11. The van der Waals surface area contributed by atoms with Crippen molar-refractivity contribution in [2.24, 2.45) is 0 Å². The maximum absolute atomic E-state index is 12.1. The second kappa shape index (κ2) is 12.0. The first-order valence-electron chi connectivity index (χ1n) is 10.0. The number of aryl methyl sites for hydroxylation is 2. The van der Waals surface area contributed by atoms with Crippen molar-refractivity contribution in [3.05, 3.63) is 70.8 Å². The van der Waals surface area contributed by atoms with Crippen LogP contribution in [0.4, 0.5) is 0 Å². The molecule has 0 fully saturated rings. The molecule has 0 aliphatic rings.